The lowest BCUT2D eigenvalue weighted by atomic mass is 10.0. The number of amidine groups is 1. The summed E-state index contributed by atoms with van der Waals surface area (Å²) in [5.74, 6) is 0.682. The van der Waals surface area contributed by atoms with Gasteiger partial charge in [-0.1, -0.05) is 33.8 Å². The highest BCUT2D eigenvalue weighted by Gasteiger charge is 2.21. The van der Waals surface area contributed by atoms with Gasteiger partial charge in [0.25, 0.3) is 0 Å². The van der Waals surface area contributed by atoms with Gasteiger partial charge in [-0.15, -0.1) is 0 Å². The SMILES string of the molecule is CCC(CC)N(CC(C)C)c1cccc(Br)c1C(=N)N. The normalized spacial score (nSPS) is 11.2. The van der Waals surface area contributed by atoms with Gasteiger partial charge >= 0.3 is 0 Å². The van der Waals surface area contributed by atoms with Crippen molar-refractivity contribution in [1.29, 1.82) is 5.41 Å². The van der Waals surface area contributed by atoms with E-state index in [-0.39, 0.29) is 5.84 Å². The number of benzene rings is 1. The maximum absolute atomic E-state index is 7.87. The van der Waals surface area contributed by atoms with E-state index in [0.29, 0.717) is 12.0 Å². The second-order valence-corrected chi connectivity index (χ2v) is 6.42. The lowest BCUT2D eigenvalue weighted by Gasteiger charge is -2.35. The van der Waals surface area contributed by atoms with E-state index in [1.807, 2.05) is 12.1 Å². The Hall–Kier alpha value is -1.03. The molecule has 0 aliphatic rings. The summed E-state index contributed by atoms with van der Waals surface area (Å²) in [5, 5.41) is 7.87. The standard InChI is InChI=1S/C16H26BrN3/c1-5-12(6-2)20(10-11(3)4)14-9-7-8-13(17)15(14)16(18)19/h7-9,11-12H,5-6,10H2,1-4H3,(H3,18,19). The maximum Gasteiger partial charge on any atom is 0.126 e. The minimum Gasteiger partial charge on any atom is -0.384 e. The Balaban J connectivity index is 3.33. The molecule has 0 saturated heterocycles. The van der Waals surface area contributed by atoms with Gasteiger partial charge in [0.2, 0.25) is 0 Å². The first-order valence-corrected chi connectivity index (χ1v) is 8.11. The zero-order valence-corrected chi connectivity index (χ0v) is 14.5. The molecule has 0 aliphatic heterocycles. The Morgan fingerprint density at radius 2 is 1.90 bits per heavy atom. The van der Waals surface area contributed by atoms with E-state index in [1.54, 1.807) is 0 Å². The number of nitrogens with one attached hydrogen (secondary N) is 1. The first-order valence-electron chi connectivity index (χ1n) is 7.31. The summed E-state index contributed by atoms with van der Waals surface area (Å²) in [5.41, 5.74) is 7.66. The van der Waals surface area contributed by atoms with E-state index < -0.39 is 0 Å². The minimum absolute atomic E-state index is 0.118. The zero-order chi connectivity index (χ0) is 15.3. The van der Waals surface area contributed by atoms with Crippen LogP contribution in [0, 0.1) is 11.3 Å². The average Bonchev–Trinajstić information content (AvgIpc) is 2.37. The molecule has 0 fully saturated rings. The Morgan fingerprint density at radius 1 is 1.30 bits per heavy atom. The van der Waals surface area contributed by atoms with Gasteiger partial charge < -0.3 is 10.6 Å². The Labute approximate surface area is 131 Å². The van der Waals surface area contributed by atoms with Crippen molar-refractivity contribution in [2.24, 2.45) is 11.7 Å². The lowest BCUT2D eigenvalue weighted by molar-refractivity contribution is 0.507. The van der Waals surface area contributed by atoms with Crippen molar-refractivity contribution in [1.82, 2.24) is 0 Å². The first-order chi connectivity index (χ1) is 9.42. The zero-order valence-electron chi connectivity index (χ0n) is 12.9. The van der Waals surface area contributed by atoms with Crippen LogP contribution in [-0.4, -0.2) is 18.4 Å². The molecular weight excluding hydrogens is 314 g/mol. The minimum atomic E-state index is 0.118. The van der Waals surface area contributed by atoms with Crippen LogP contribution in [-0.2, 0) is 0 Å². The van der Waals surface area contributed by atoms with Crippen molar-refractivity contribution in [2.45, 2.75) is 46.6 Å². The third-order valence-corrected chi connectivity index (χ3v) is 4.18. The molecule has 0 unspecified atom stereocenters. The van der Waals surface area contributed by atoms with Crippen molar-refractivity contribution >= 4 is 27.5 Å². The van der Waals surface area contributed by atoms with E-state index in [0.717, 1.165) is 35.1 Å². The number of halogens is 1. The topological polar surface area (TPSA) is 53.1 Å². The molecule has 0 saturated carbocycles. The molecule has 112 valence electrons. The fourth-order valence-electron chi connectivity index (χ4n) is 2.59. The van der Waals surface area contributed by atoms with Crippen molar-refractivity contribution in [2.75, 3.05) is 11.4 Å². The van der Waals surface area contributed by atoms with Gasteiger partial charge in [-0.2, -0.15) is 0 Å². The first kappa shape index (κ1) is 17.0. The van der Waals surface area contributed by atoms with Crippen molar-refractivity contribution in [3.63, 3.8) is 0 Å². The number of rotatable bonds is 7. The summed E-state index contributed by atoms with van der Waals surface area (Å²) >= 11 is 3.53. The largest absolute Gasteiger partial charge is 0.384 e. The van der Waals surface area contributed by atoms with Gasteiger partial charge in [0.05, 0.1) is 5.56 Å². The second kappa shape index (κ2) is 7.67. The highest BCUT2D eigenvalue weighted by Crippen LogP contribution is 2.30. The summed E-state index contributed by atoms with van der Waals surface area (Å²) in [6.45, 7) is 9.85. The average molecular weight is 340 g/mol. The lowest BCUT2D eigenvalue weighted by Crippen LogP contribution is -2.38. The van der Waals surface area contributed by atoms with Crippen LogP contribution < -0.4 is 10.6 Å². The van der Waals surface area contributed by atoms with Gasteiger partial charge in [0.1, 0.15) is 5.84 Å². The smallest absolute Gasteiger partial charge is 0.126 e. The maximum atomic E-state index is 7.87. The fraction of sp³-hybridized carbons (Fsp3) is 0.562. The second-order valence-electron chi connectivity index (χ2n) is 5.56. The van der Waals surface area contributed by atoms with E-state index in [1.165, 1.54) is 0 Å². The molecule has 0 bridgehead atoms. The number of hydrogen-bond donors (Lipinski definition) is 2. The summed E-state index contributed by atoms with van der Waals surface area (Å²) < 4.78 is 0.891. The van der Waals surface area contributed by atoms with Crippen molar-refractivity contribution < 1.29 is 0 Å². The van der Waals surface area contributed by atoms with Crippen LogP contribution in [0.5, 0.6) is 0 Å². The molecule has 0 spiro atoms. The molecule has 3 nitrogen and oxygen atoms in total. The molecule has 0 atom stereocenters. The van der Waals surface area contributed by atoms with E-state index in [9.17, 15) is 0 Å². The summed E-state index contributed by atoms with van der Waals surface area (Å²) in [6.07, 6.45) is 2.18. The van der Waals surface area contributed by atoms with Crippen LogP contribution in [0.4, 0.5) is 5.69 Å². The van der Waals surface area contributed by atoms with E-state index >= 15 is 0 Å². The van der Waals surface area contributed by atoms with Crippen molar-refractivity contribution in [3.05, 3.63) is 28.2 Å². The predicted octanol–water partition coefficient (Wildman–Crippen LogP) is 4.38. The number of anilines is 1. The Morgan fingerprint density at radius 3 is 2.35 bits per heavy atom. The third kappa shape index (κ3) is 3.98. The molecule has 0 amide bonds. The number of nitrogens with two attached hydrogens (primary N) is 1. The van der Waals surface area contributed by atoms with Gasteiger partial charge in [-0.05, 0) is 46.8 Å². The molecule has 0 aliphatic carbocycles. The van der Waals surface area contributed by atoms with Crippen LogP contribution in [0.2, 0.25) is 0 Å². The van der Waals surface area contributed by atoms with Crippen molar-refractivity contribution in [3.8, 4) is 0 Å². The molecule has 20 heavy (non-hydrogen) atoms. The summed E-state index contributed by atoms with van der Waals surface area (Å²) in [4.78, 5) is 2.41. The van der Waals surface area contributed by atoms with Crippen LogP contribution in [0.15, 0.2) is 22.7 Å². The Kier molecular flexibility index (Phi) is 6.53. The van der Waals surface area contributed by atoms with Gasteiger partial charge in [0.15, 0.2) is 0 Å². The molecule has 1 aromatic rings. The molecular formula is C16H26BrN3. The van der Waals surface area contributed by atoms with Gasteiger partial charge in [-0.25, -0.2) is 0 Å². The molecule has 4 heteroatoms. The molecule has 0 radical (unpaired) electrons. The highest BCUT2D eigenvalue weighted by molar-refractivity contribution is 9.10. The van der Waals surface area contributed by atoms with Crippen LogP contribution >= 0.6 is 15.9 Å². The van der Waals surface area contributed by atoms with Gasteiger partial charge in [-0.3, -0.25) is 5.41 Å². The molecule has 0 aromatic heterocycles. The van der Waals surface area contributed by atoms with E-state index in [2.05, 4.69) is 54.6 Å². The summed E-state index contributed by atoms with van der Waals surface area (Å²) in [7, 11) is 0. The highest BCUT2D eigenvalue weighted by atomic mass is 79.9. The molecule has 0 heterocycles. The quantitative estimate of drug-likeness (QED) is 0.571. The van der Waals surface area contributed by atoms with Crippen LogP contribution in [0.3, 0.4) is 0 Å². The Bertz CT molecular complexity index is 453. The number of nitrogens with zero attached hydrogens (tertiary/aromatic N) is 1. The van der Waals surface area contributed by atoms with E-state index in [4.69, 9.17) is 11.1 Å². The number of hydrogen-bond acceptors (Lipinski definition) is 2. The summed E-state index contributed by atoms with van der Waals surface area (Å²) in [6, 6.07) is 6.51. The molecule has 1 aromatic carbocycles. The molecule has 1 rings (SSSR count). The van der Waals surface area contributed by atoms with Gasteiger partial charge in [0, 0.05) is 22.7 Å². The predicted molar refractivity (Wildman–Crippen MR) is 91.7 cm³/mol. The van der Waals surface area contributed by atoms with Crippen LogP contribution in [0.25, 0.3) is 0 Å². The van der Waals surface area contributed by atoms with Crippen LogP contribution in [0.1, 0.15) is 46.1 Å². The number of nitrogen functional groups attached to an aromatic ring is 1. The molecule has 3 N–H and O–H groups in total. The third-order valence-electron chi connectivity index (χ3n) is 3.52. The fourth-order valence-corrected chi connectivity index (χ4v) is 3.15. The monoisotopic (exact) mass is 339 g/mol.